The molecule has 0 amide bonds. The van der Waals surface area contributed by atoms with E-state index in [1.54, 1.807) is 20.8 Å². The summed E-state index contributed by atoms with van der Waals surface area (Å²) in [5.74, 6) is 0. The van der Waals surface area contributed by atoms with Crippen molar-refractivity contribution in [2.45, 2.75) is 25.9 Å². The Morgan fingerprint density at radius 3 is 1.50 bits per heavy atom. The molecule has 0 aromatic carbocycles. The van der Waals surface area contributed by atoms with Gasteiger partial charge in [-0.3, -0.25) is 4.57 Å². The van der Waals surface area contributed by atoms with Crippen LogP contribution in [0.2, 0.25) is 0 Å². The summed E-state index contributed by atoms with van der Waals surface area (Å²) in [5.41, 5.74) is 0. The highest BCUT2D eigenvalue weighted by Gasteiger charge is 2.39. The second-order valence-corrected chi connectivity index (χ2v) is 7.86. The van der Waals surface area contributed by atoms with E-state index in [-0.39, 0.29) is 52.9 Å². The van der Waals surface area contributed by atoms with Gasteiger partial charge >= 0.3 is 7.60 Å². The lowest BCUT2D eigenvalue weighted by Gasteiger charge is -2.29. The first-order valence-electron chi connectivity index (χ1n) is 6.64. The molecule has 0 bridgehead atoms. The van der Waals surface area contributed by atoms with Crippen molar-refractivity contribution in [2.75, 3.05) is 52.9 Å². The van der Waals surface area contributed by atoms with E-state index < -0.39 is 12.8 Å². The van der Waals surface area contributed by atoms with Gasteiger partial charge in [0.25, 0.3) is 0 Å². The van der Waals surface area contributed by atoms with E-state index in [0.717, 1.165) is 0 Å². The molecule has 0 atom stereocenters. The molecule has 20 heavy (non-hydrogen) atoms. The molecule has 0 unspecified atom stereocenters. The molecule has 0 aliphatic carbocycles. The number of hydrogen-bond acceptors (Lipinski definition) is 7. The van der Waals surface area contributed by atoms with Crippen LogP contribution in [-0.2, 0) is 23.1 Å². The van der Waals surface area contributed by atoms with Crippen molar-refractivity contribution in [2.24, 2.45) is 0 Å². The fraction of sp³-hybridized carbons (Fsp3) is 1.00. The second-order valence-electron chi connectivity index (χ2n) is 5.01. The first-order valence-corrected chi connectivity index (χ1v) is 8.18. The minimum atomic E-state index is -3.29. The van der Waals surface area contributed by atoms with E-state index in [4.69, 9.17) is 28.7 Å². The predicted molar refractivity (Wildman–Crippen MR) is 75.1 cm³/mol. The molecule has 0 aliphatic heterocycles. The van der Waals surface area contributed by atoms with Crippen molar-refractivity contribution < 1.29 is 33.3 Å². The number of ether oxygens (including phenoxy) is 2. The predicted octanol–water partition coefficient (Wildman–Crippen LogP) is 1.03. The normalized spacial score (nSPS) is 12.8. The third-order valence-corrected chi connectivity index (χ3v) is 4.96. The molecule has 7 nitrogen and oxygen atoms in total. The van der Waals surface area contributed by atoms with Gasteiger partial charge in [0.1, 0.15) is 0 Å². The highest BCUT2D eigenvalue weighted by molar-refractivity contribution is 7.55. The first kappa shape index (κ1) is 20.0. The molecule has 0 saturated heterocycles. The summed E-state index contributed by atoms with van der Waals surface area (Å²) in [4.78, 5) is 0. The fourth-order valence-corrected chi connectivity index (χ4v) is 2.67. The Morgan fingerprint density at radius 1 is 0.800 bits per heavy atom. The van der Waals surface area contributed by atoms with Crippen molar-refractivity contribution in [1.82, 2.24) is 0 Å². The van der Waals surface area contributed by atoms with Crippen LogP contribution in [0.1, 0.15) is 20.8 Å². The summed E-state index contributed by atoms with van der Waals surface area (Å²) in [7, 11) is -3.29. The lowest BCUT2D eigenvalue weighted by atomic mass is 10.3. The lowest BCUT2D eigenvalue weighted by molar-refractivity contribution is 0.0501. The monoisotopic (exact) mass is 314 g/mol. The van der Waals surface area contributed by atoms with Crippen LogP contribution >= 0.6 is 7.60 Å². The molecule has 8 heteroatoms. The van der Waals surface area contributed by atoms with E-state index in [0.29, 0.717) is 0 Å². The molecule has 0 aromatic rings. The number of aliphatic hydroxyl groups excluding tert-OH is 2. The van der Waals surface area contributed by atoms with E-state index in [1.807, 2.05) is 0 Å². The molecule has 0 heterocycles. The molecule has 0 fully saturated rings. The van der Waals surface area contributed by atoms with Gasteiger partial charge in [0.2, 0.25) is 0 Å². The summed E-state index contributed by atoms with van der Waals surface area (Å²) in [6.45, 7) is 6.39. The summed E-state index contributed by atoms with van der Waals surface area (Å²) in [5, 5.41) is 16.5. The summed E-state index contributed by atoms with van der Waals surface area (Å²) in [6, 6.07) is 0. The average Bonchev–Trinajstić information content (AvgIpc) is 2.37. The zero-order valence-electron chi connectivity index (χ0n) is 12.5. The Bertz CT molecular complexity index is 259. The van der Waals surface area contributed by atoms with Gasteiger partial charge in [-0.05, 0) is 20.8 Å². The Balaban J connectivity index is 4.14. The minimum absolute atomic E-state index is 0.0599. The van der Waals surface area contributed by atoms with Crippen LogP contribution in [0.5, 0.6) is 0 Å². The first-order chi connectivity index (χ1) is 9.37. The van der Waals surface area contributed by atoms with E-state index >= 15 is 0 Å². The molecule has 2 N–H and O–H groups in total. The fourth-order valence-electron chi connectivity index (χ4n) is 1.19. The molecule has 0 saturated carbocycles. The molecular formula is C12H27O7P. The van der Waals surface area contributed by atoms with Crippen LogP contribution in [0, 0.1) is 0 Å². The van der Waals surface area contributed by atoms with Crippen LogP contribution in [0.25, 0.3) is 0 Å². The largest absolute Gasteiger partial charge is 0.394 e. The molecular weight excluding hydrogens is 287 g/mol. The van der Waals surface area contributed by atoms with Crippen LogP contribution in [0.3, 0.4) is 0 Å². The minimum Gasteiger partial charge on any atom is -0.394 e. The van der Waals surface area contributed by atoms with Gasteiger partial charge in [0.05, 0.1) is 58.0 Å². The summed E-state index contributed by atoms with van der Waals surface area (Å²) >= 11 is 0. The third-order valence-electron chi connectivity index (χ3n) is 2.27. The van der Waals surface area contributed by atoms with Gasteiger partial charge < -0.3 is 28.7 Å². The highest BCUT2D eigenvalue weighted by Crippen LogP contribution is 2.59. The van der Waals surface area contributed by atoms with Crippen molar-refractivity contribution in [3.05, 3.63) is 0 Å². The topological polar surface area (TPSA) is 94.5 Å². The van der Waals surface area contributed by atoms with Gasteiger partial charge in [-0.25, -0.2) is 0 Å². The van der Waals surface area contributed by atoms with Gasteiger partial charge in [-0.2, -0.15) is 0 Å². The summed E-state index contributed by atoms with van der Waals surface area (Å²) in [6.07, 6.45) is 0. The quantitative estimate of drug-likeness (QED) is 0.410. The average molecular weight is 314 g/mol. The Labute approximate surface area is 120 Å². The van der Waals surface area contributed by atoms with Gasteiger partial charge in [0, 0.05) is 0 Å². The molecule has 0 radical (unpaired) electrons. The Kier molecular flexibility index (Phi) is 10.7. The maximum absolute atomic E-state index is 12.6. The zero-order chi connectivity index (χ0) is 15.5. The van der Waals surface area contributed by atoms with Crippen LogP contribution in [0.4, 0.5) is 0 Å². The standard InChI is InChI=1S/C12H27O7P/c1-12(2,3)20(15,18-10-8-16-6-4-13)19-11-9-17-7-5-14/h13-14H,4-11H2,1-3H3. The van der Waals surface area contributed by atoms with E-state index in [9.17, 15) is 4.57 Å². The second kappa shape index (κ2) is 10.7. The SMILES string of the molecule is CC(C)(C)P(=O)(OCCOCCO)OCCOCCO. The van der Waals surface area contributed by atoms with Gasteiger partial charge in [0.15, 0.2) is 0 Å². The van der Waals surface area contributed by atoms with Crippen molar-refractivity contribution >= 4 is 7.60 Å². The van der Waals surface area contributed by atoms with E-state index in [1.165, 1.54) is 0 Å². The van der Waals surface area contributed by atoms with Crippen LogP contribution in [-0.4, -0.2) is 68.2 Å². The maximum Gasteiger partial charge on any atom is 0.336 e. The molecule has 0 spiro atoms. The third kappa shape index (κ3) is 8.32. The molecule has 0 rings (SSSR count). The summed E-state index contributed by atoms with van der Waals surface area (Å²) < 4.78 is 33.5. The van der Waals surface area contributed by atoms with Crippen molar-refractivity contribution in [3.63, 3.8) is 0 Å². The van der Waals surface area contributed by atoms with Crippen LogP contribution in [0.15, 0.2) is 0 Å². The number of rotatable bonds is 12. The molecule has 122 valence electrons. The van der Waals surface area contributed by atoms with Gasteiger partial charge in [-0.1, -0.05) is 0 Å². The smallest absolute Gasteiger partial charge is 0.336 e. The van der Waals surface area contributed by atoms with E-state index in [2.05, 4.69) is 0 Å². The highest BCUT2D eigenvalue weighted by atomic mass is 31.2. The Morgan fingerprint density at radius 2 is 1.20 bits per heavy atom. The van der Waals surface area contributed by atoms with Crippen molar-refractivity contribution in [3.8, 4) is 0 Å². The maximum atomic E-state index is 12.6. The number of hydrogen-bond donors (Lipinski definition) is 2. The number of aliphatic hydroxyl groups is 2. The zero-order valence-corrected chi connectivity index (χ0v) is 13.4. The molecule has 0 aliphatic rings. The lowest BCUT2D eigenvalue weighted by Crippen LogP contribution is -2.22. The van der Waals surface area contributed by atoms with Crippen molar-refractivity contribution in [1.29, 1.82) is 0 Å². The van der Waals surface area contributed by atoms with Crippen LogP contribution < -0.4 is 0 Å². The Hall–Kier alpha value is -0.0100. The van der Waals surface area contributed by atoms with Gasteiger partial charge in [-0.15, -0.1) is 0 Å². The molecule has 0 aromatic heterocycles.